The number of hydrogen-bond acceptors (Lipinski definition) is 4. The molecule has 140 valence electrons. The standard InChI is InChI=1S/C20H21ClN4OS/c1-14(2)12-22-18(26)13-27-20-24-23-19(16-10-6-7-11-17(16)21)25(20)15-8-4-3-5-9-15/h3-11,14H,12-13H2,1-2H3,(H,22,26). The molecular formula is C20H21ClN4OS. The monoisotopic (exact) mass is 400 g/mol. The molecule has 0 aliphatic heterocycles. The normalized spacial score (nSPS) is 11.0. The second kappa shape index (κ2) is 9.06. The van der Waals surface area contributed by atoms with Gasteiger partial charge in [0.05, 0.1) is 10.8 Å². The minimum Gasteiger partial charge on any atom is -0.355 e. The molecule has 3 aromatic rings. The summed E-state index contributed by atoms with van der Waals surface area (Å²) in [6.07, 6.45) is 0. The number of amides is 1. The first-order valence-corrected chi connectivity index (χ1v) is 10.1. The van der Waals surface area contributed by atoms with E-state index >= 15 is 0 Å². The van der Waals surface area contributed by atoms with Crippen molar-refractivity contribution >= 4 is 29.3 Å². The van der Waals surface area contributed by atoms with Gasteiger partial charge in [0, 0.05) is 17.8 Å². The van der Waals surface area contributed by atoms with E-state index in [-0.39, 0.29) is 11.7 Å². The fourth-order valence-corrected chi connectivity index (χ4v) is 3.49. The maximum absolute atomic E-state index is 12.1. The van der Waals surface area contributed by atoms with Crippen molar-refractivity contribution in [1.82, 2.24) is 20.1 Å². The zero-order chi connectivity index (χ0) is 19.2. The van der Waals surface area contributed by atoms with E-state index < -0.39 is 0 Å². The Labute approximate surface area is 168 Å². The molecule has 1 aromatic heterocycles. The van der Waals surface area contributed by atoms with Crippen molar-refractivity contribution in [2.45, 2.75) is 19.0 Å². The number of carbonyl (C=O) groups excluding carboxylic acids is 1. The highest BCUT2D eigenvalue weighted by Crippen LogP contribution is 2.31. The molecule has 2 aromatic carbocycles. The van der Waals surface area contributed by atoms with Gasteiger partial charge >= 0.3 is 0 Å². The van der Waals surface area contributed by atoms with E-state index in [1.54, 1.807) is 0 Å². The molecule has 0 spiro atoms. The average Bonchev–Trinajstić information content (AvgIpc) is 3.09. The van der Waals surface area contributed by atoms with Gasteiger partial charge in [-0.05, 0) is 30.2 Å². The van der Waals surface area contributed by atoms with E-state index in [1.165, 1.54) is 11.8 Å². The highest BCUT2D eigenvalue weighted by Gasteiger charge is 2.18. The number of para-hydroxylation sites is 1. The van der Waals surface area contributed by atoms with Crippen molar-refractivity contribution < 1.29 is 4.79 Å². The number of nitrogens with one attached hydrogen (secondary N) is 1. The predicted octanol–water partition coefficient (Wildman–Crippen LogP) is 4.45. The lowest BCUT2D eigenvalue weighted by Gasteiger charge is -2.11. The summed E-state index contributed by atoms with van der Waals surface area (Å²) in [6.45, 7) is 4.79. The summed E-state index contributed by atoms with van der Waals surface area (Å²) < 4.78 is 1.93. The van der Waals surface area contributed by atoms with Crippen LogP contribution in [0.1, 0.15) is 13.8 Å². The lowest BCUT2D eigenvalue weighted by atomic mass is 10.2. The Balaban J connectivity index is 1.91. The van der Waals surface area contributed by atoms with E-state index in [4.69, 9.17) is 11.6 Å². The third-order valence-electron chi connectivity index (χ3n) is 3.80. The van der Waals surface area contributed by atoms with E-state index in [2.05, 4.69) is 29.4 Å². The smallest absolute Gasteiger partial charge is 0.230 e. The predicted molar refractivity (Wildman–Crippen MR) is 110 cm³/mol. The zero-order valence-electron chi connectivity index (χ0n) is 15.2. The van der Waals surface area contributed by atoms with Gasteiger partial charge in [-0.1, -0.05) is 67.5 Å². The molecule has 0 aliphatic carbocycles. The quantitative estimate of drug-likeness (QED) is 0.595. The van der Waals surface area contributed by atoms with Gasteiger partial charge in [0.1, 0.15) is 0 Å². The summed E-state index contributed by atoms with van der Waals surface area (Å²) in [4.78, 5) is 12.1. The van der Waals surface area contributed by atoms with Crippen molar-refractivity contribution in [3.63, 3.8) is 0 Å². The molecule has 7 heteroatoms. The van der Waals surface area contributed by atoms with Crippen LogP contribution in [0.15, 0.2) is 59.8 Å². The van der Waals surface area contributed by atoms with Crippen LogP contribution in [0, 0.1) is 5.92 Å². The summed E-state index contributed by atoms with van der Waals surface area (Å²) in [5, 5.41) is 12.8. The molecule has 0 aliphatic rings. The van der Waals surface area contributed by atoms with Crippen LogP contribution >= 0.6 is 23.4 Å². The number of hydrogen-bond donors (Lipinski definition) is 1. The lowest BCUT2D eigenvalue weighted by molar-refractivity contribution is -0.118. The number of rotatable bonds is 7. The van der Waals surface area contributed by atoms with E-state index in [9.17, 15) is 4.79 Å². The second-order valence-corrected chi connectivity index (χ2v) is 7.79. The Hall–Kier alpha value is -2.31. The average molecular weight is 401 g/mol. The van der Waals surface area contributed by atoms with E-state index in [0.29, 0.717) is 28.5 Å². The molecule has 0 atom stereocenters. The third kappa shape index (κ3) is 4.90. The van der Waals surface area contributed by atoms with Crippen LogP contribution < -0.4 is 5.32 Å². The van der Waals surface area contributed by atoms with Crippen molar-refractivity contribution in [2.24, 2.45) is 5.92 Å². The van der Waals surface area contributed by atoms with Gasteiger partial charge in [-0.25, -0.2) is 0 Å². The topological polar surface area (TPSA) is 59.8 Å². The maximum atomic E-state index is 12.1. The van der Waals surface area contributed by atoms with Crippen LogP contribution in [0.4, 0.5) is 0 Å². The van der Waals surface area contributed by atoms with Crippen LogP contribution in [-0.2, 0) is 4.79 Å². The Morgan fingerprint density at radius 2 is 1.81 bits per heavy atom. The van der Waals surface area contributed by atoms with Crippen molar-refractivity contribution in [3.05, 3.63) is 59.6 Å². The Morgan fingerprint density at radius 3 is 2.52 bits per heavy atom. The summed E-state index contributed by atoms with van der Waals surface area (Å²) in [5.74, 6) is 1.33. The minimum absolute atomic E-state index is 0.0180. The van der Waals surface area contributed by atoms with Crippen LogP contribution in [0.2, 0.25) is 5.02 Å². The molecule has 5 nitrogen and oxygen atoms in total. The molecule has 0 fully saturated rings. The molecule has 0 bridgehead atoms. The molecule has 0 radical (unpaired) electrons. The molecule has 0 saturated carbocycles. The molecule has 3 rings (SSSR count). The molecule has 1 N–H and O–H groups in total. The SMILES string of the molecule is CC(C)CNC(=O)CSc1nnc(-c2ccccc2Cl)n1-c1ccccc1. The first-order valence-electron chi connectivity index (χ1n) is 8.71. The Morgan fingerprint density at radius 1 is 1.11 bits per heavy atom. The number of nitrogens with zero attached hydrogens (tertiary/aromatic N) is 3. The van der Waals surface area contributed by atoms with Crippen molar-refractivity contribution in [3.8, 4) is 17.1 Å². The van der Waals surface area contributed by atoms with Gasteiger partial charge in [-0.15, -0.1) is 10.2 Å². The van der Waals surface area contributed by atoms with E-state index in [0.717, 1.165) is 11.3 Å². The van der Waals surface area contributed by atoms with Crippen LogP contribution in [0.3, 0.4) is 0 Å². The first-order chi connectivity index (χ1) is 13.1. The summed E-state index contributed by atoms with van der Waals surface area (Å²) in [5.41, 5.74) is 1.72. The number of thioether (sulfide) groups is 1. The van der Waals surface area contributed by atoms with Gasteiger partial charge in [0.15, 0.2) is 11.0 Å². The van der Waals surface area contributed by atoms with Crippen LogP contribution in [-0.4, -0.2) is 33.0 Å². The fourth-order valence-electron chi connectivity index (χ4n) is 2.49. The molecule has 0 unspecified atom stereocenters. The highest BCUT2D eigenvalue weighted by atomic mass is 35.5. The molecule has 27 heavy (non-hydrogen) atoms. The second-order valence-electron chi connectivity index (χ2n) is 6.44. The van der Waals surface area contributed by atoms with Gasteiger partial charge in [0.25, 0.3) is 0 Å². The van der Waals surface area contributed by atoms with Crippen molar-refractivity contribution in [2.75, 3.05) is 12.3 Å². The highest BCUT2D eigenvalue weighted by molar-refractivity contribution is 7.99. The van der Waals surface area contributed by atoms with Gasteiger partial charge < -0.3 is 5.32 Å². The van der Waals surface area contributed by atoms with Gasteiger partial charge in [-0.2, -0.15) is 0 Å². The number of benzene rings is 2. The third-order valence-corrected chi connectivity index (χ3v) is 5.06. The van der Waals surface area contributed by atoms with Gasteiger partial charge in [0.2, 0.25) is 5.91 Å². The minimum atomic E-state index is -0.0180. The molecule has 1 amide bonds. The molecule has 1 heterocycles. The number of halogens is 1. The summed E-state index contributed by atoms with van der Waals surface area (Å²) >= 11 is 7.73. The van der Waals surface area contributed by atoms with Crippen LogP contribution in [0.5, 0.6) is 0 Å². The van der Waals surface area contributed by atoms with Crippen LogP contribution in [0.25, 0.3) is 17.1 Å². The van der Waals surface area contributed by atoms with Gasteiger partial charge in [-0.3, -0.25) is 9.36 Å². The number of aromatic nitrogens is 3. The Bertz CT molecular complexity index is 911. The Kier molecular flexibility index (Phi) is 6.53. The summed E-state index contributed by atoms with van der Waals surface area (Å²) in [6, 6.07) is 17.4. The largest absolute Gasteiger partial charge is 0.355 e. The zero-order valence-corrected chi connectivity index (χ0v) is 16.8. The maximum Gasteiger partial charge on any atom is 0.230 e. The lowest BCUT2D eigenvalue weighted by Crippen LogP contribution is -2.28. The first kappa shape index (κ1) is 19.5. The molecule has 0 saturated heterocycles. The summed E-state index contributed by atoms with van der Waals surface area (Å²) in [7, 11) is 0. The fraction of sp³-hybridized carbons (Fsp3) is 0.250. The molecular weight excluding hydrogens is 380 g/mol. The number of carbonyl (C=O) groups is 1. The van der Waals surface area contributed by atoms with E-state index in [1.807, 2.05) is 59.2 Å². The van der Waals surface area contributed by atoms with Crippen molar-refractivity contribution in [1.29, 1.82) is 0 Å².